The van der Waals surface area contributed by atoms with Gasteiger partial charge in [0.1, 0.15) is 0 Å². The number of esters is 2. The molecule has 11 heteroatoms. The molecule has 0 saturated heterocycles. The van der Waals surface area contributed by atoms with Gasteiger partial charge in [-0.15, -0.1) is 0 Å². The molecule has 2 atom stereocenters. The Hall–Kier alpha value is -2.19. The maximum Gasteiger partial charge on any atom is 2.00 e. The Kier molecular flexibility index (Phi) is 45.3. The Labute approximate surface area is 434 Å². The van der Waals surface area contributed by atoms with Crippen LogP contribution < -0.4 is 10.2 Å². The molecule has 0 heterocycles. The second-order valence-electron chi connectivity index (χ2n) is 17.4. The van der Waals surface area contributed by atoms with Gasteiger partial charge in [-0.1, -0.05) is 189 Å². The fraction of sp³-hybridized carbons (Fsp3) is 0.704. The van der Waals surface area contributed by atoms with Crippen molar-refractivity contribution < 1.29 is 48.3 Å². The van der Waals surface area contributed by atoms with Crippen LogP contribution in [0, 0.1) is 0 Å². The second-order valence-corrected chi connectivity index (χ2v) is 17.4. The zero-order chi connectivity index (χ0) is 46.6. The molecule has 0 fully saturated rings. The van der Waals surface area contributed by atoms with Gasteiger partial charge in [-0.25, -0.2) is 0 Å². The van der Waals surface area contributed by atoms with E-state index in [-0.39, 0.29) is 85.9 Å². The van der Waals surface area contributed by atoms with Crippen molar-refractivity contribution in [2.24, 2.45) is 0 Å². The Balaban J connectivity index is 0.00000124. The van der Waals surface area contributed by atoms with Crippen molar-refractivity contribution in [3.05, 3.63) is 71.8 Å². The molecule has 0 N–H and O–H groups in total. The van der Waals surface area contributed by atoms with E-state index in [1.807, 2.05) is 36.4 Å². The average molecular weight is 1030 g/mol. The Morgan fingerprint density at radius 2 is 0.662 bits per heavy atom. The molecule has 0 aliphatic carbocycles. The summed E-state index contributed by atoms with van der Waals surface area (Å²) in [5, 5.41) is 21.0. The number of aliphatic carboxylic acids is 2. The van der Waals surface area contributed by atoms with Gasteiger partial charge in [-0.05, 0) is 75.3 Å². The van der Waals surface area contributed by atoms with E-state index in [9.17, 15) is 29.4 Å². The first-order valence-electron chi connectivity index (χ1n) is 25.1. The molecule has 10 nitrogen and oxygen atoms in total. The Bertz CT molecular complexity index is 1290. The van der Waals surface area contributed by atoms with Gasteiger partial charge in [0.2, 0.25) is 0 Å². The molecular formula is C54H86BaO10. The van der Waals surface area contributed by atoms with Crippen LogP contribution in [0.5, 0.6) is 0 Å². The molecule has 0 bridgehead atoms. The second kappa shape index (κ2) is 46.9. The number of hydrogen-bond donors (Lipinski definition) is 0. The van der Waals surface area contributed by atoms with E-state index in [1.54, 1.807) is 0 Å². The third kappa shape index (κ3) is 45.4. The summed E-state index contributed by atoms with van der Waals surface area (Å²) in [6.45, 7) is 5.33. The number of benzene rings is 2. The van der Waals surface area contributed by atoms with Gasteiger partial charge in [0, 0.05) is 25.8 Å². The topological polar surface area (TPSA) is 151 Å². The largest absolute Gasteiger partial charge is 2.00 e. The monoisotopic (exact) mass is 1030 g/mol. The molecule has 0 saturated carbocycles. The Morgan fingerprint density at radius 3 is 0.938 bits per heavy atom. The van der Waals surface area contributed by atoms with Crippen molar-refractivity contribution >= 4 is 72.8 Å². The minimum Gasteiger partial charge on any atom is -0.550 e. The molecule has 0 amide bonds. The van der Waals surface area contributed by atoms with Crippen LogP contribution in [0.25, 0.3) is 0 Å². The van der Waals surface area contributed by atoms with Gasteiger partial charge in [-0.2, -0.15) is 0 Å². The Morgan fingerprint density at radius 1 is 0.400 bits per heavy atom. The average Bonchev–Trinajstić information content (AvgIpc) is 3.27. The summed E-state index contributed by atoms with van der Waals surface area (Å²) >= 11 is 0. The maximum absolute atomic E-state index is 10.7. The SMILES string of the molecule is CC(=O)OCCCCCCCCCCC(CCCCCCC(=O)[O-])OCc1ccccc1.CC(=O)OCCCCCCCCCCC(CCCCCCC(=O)[O-])OCc1ccccc1.[Ba+2]. The summed E-state index contributed by atoms with van der Waals surface area (Å²) in [7, 11) is 0. The van der Waals surface area contributed by atoms with Crippen LogP contribution in [-0.4, -0.2) is 98.2 Å². The van der Waals surface area contributed by atoms with Crippen molar-refractivity contribution in [3.8, 4) is 0 Å². The van der Waals surface area contributed by atoms with E-state index in [0.717, 1.165) is 89.9 Å². The van der Waals surface area contributed by atoms with Crippen molar-refractivity contribution in [2.45, 2.75) is 232 Å². The van der Waals surface area contributed by atoms with E-state index in [1.165, 1.54) is 102 Å². The summed E-state index contributed by atoms with van der Waals surface area (Å²) in [6, 6.07) is 20.6. The van der Waals surface area contributed by atoms with Crippen molar-refractivity contribution in [1.82, 2.24) is 0 Å². The standard InChI is InChI=1S/2C27H44O5.Ba/c2*1-24(28)31-22-16-9-5-3-2-4-6-13-19-26(20-14-7-8-15-21-27(29)30)32-23-25-17-11-10-12-18-25;/h2*10-12,17-18,26H,2-9,13-16,19-23H2,1H3,(H,29,30);/q;;+2/p-2. The number of carbonyl (C=O) groups is 4. The number of carboxylic acid groups (broad SMARTS) is 2. The third-order valence-electron chi connectivity index (χ3n) is 11.4. The minimum absolute atomic E-state index is 0. The number of hydrogen-bond acceptors (Lipinski definition) is 10. The van der Waals surface area contributed by atoms with Gasteiger partial charge < -0.3 is 38.7 Å². The summed E-state index contributed by atoms with van der Waals surface area (Å²) in [5.74, 6) is -2.27. The predicted molar refractivity (Wildman–Crippen MR) is 258 cm³/mol. The van der Waals surface area contributed by atoms with Gasteiger partial charge in [0.25, 0.3) is 0 Å². The molecule has 2 rings (SSSR count). The molecule has 0 aliphatic rings. The first kappa shape index (κ1) is 62.8. The third-order valence-corrected chi connectivity index (χ3v) is 11.4. The zero-order valence-corrected chi connectivity index (χ0v) is 45.2. The van der Waals surface area contributed by atoms with E-state index in [4.69, 9.17) is 18.9 Å². The summed E-state index contributed by atoms with van der Waals surface area (Å²) in [6.07, 6.45) is 31.8. The first-order chi connectivity index (χ1) is 31.2. The minimum atomic E-state index is -0.948. The van der Waals surface area contributed by atoms with Crippen LogP contribution in [0.15, 0.2) is 60.7 Å². The molecule has 364 valence electrons. The summed E-state index contributed by atoms with van der Waals surface area (Å²) in [4.78, 5) is 42.4. The van der Waals surface area contributed by atoms with Crippen LogP contribution in [0.2, 0.25) is 0 Å². The molecule has 2 aromatic rings. The number of carbonyl (C=O) groups excluding carboxylic acids is 4. The van der Waals surface area contributed by atoms with E-state index in [2.05, 4.69) is 24.3 Å². The van der Waals surface area contributed by atoms with E-state index < -0.39 is 11.9 Å². The number of ether oxygens (including phenoxy) is 4. The molecule has 0 aliphatic heterocycles. The van der Waals surface area contributed by atoms with Gasteiger partial charge in [0.05, 0.1) is 38.6 Å². The van der Waals surface area contributed by atoms with E-state index >= 15 is 0 Å². The molecule has 65 heavy (non-hydrogen) atoms. The fourth-order valence-corrected chi connectivity index (χ4v) is 7.69. The van der Waals surface area contributed by atoms with Crippen LogP contribution in [0.1, 0.15) is 218 Å². The van der Waals surface area contributed by atoms with Gasteiger partial charge in [0.15, 0.2) is 0 Å². The summed E-state index contributed by atoms with van der Waals surface area (Å²) in [5.41, 5.74) is 2.42. The van der Waals surface area contributed by atoms with Crippen LogP contribution in [-0.2, 0) is 51.3 Å². The normalized spacial score (nSPS) is 11.7. The van der Waals surface area contributed by atoms with Crippen molar-refractivity contribution in [1.29, 1.82) is 0 Å². The zero-order valence-electron chi connectivity index (χ0n) is 40.8. The number of carboxylic acids is 2. The molecule has 2 aromatic carbocycles. The molecule has 0 radical (unpaired) electrons. The van der Waals surface area contributed by atoms with Crippen LogP contribution >= 0.6 is 0 Å². The first-order valence-corrected chi connectivity index (χ1v) is 25.1. The van der Waals surface area contributed by atoms with Crippen LogP contribution in [0.3, 0.4) is 0 Å². The smallest absolute Gasteiger partial charge is 0.550 e. The van der Waals surface area contributed by atoms with Gasteiger partial charge in [-0.3, -0.25) is 9.59 Å². The molecular weight excluding hydrogens is 946 g/mol. The molecule has 0 spiro atoms. The van der Waals surface area contributed by atoms with Crippen molar-refractivity contribution in [3.63, 3.8) is 0 Å². The quantitative estimate of drug-likeness (QED) is 0.0357. The predicted octanol–water partition coefficient (Wildman–Crippen LogP) is 11.1. The maximum atomic E-state index is 10.7. The van der Waals surface area contributed by atoms with Crippen molar-refractivity contribution in [2.75, 3.05) is 13.2 Å². The fourth-order valence-electron chi connectivity index (χ4n) is 7.69. The summed E-state index contributed by atoms with van der Waals surface area (Å²) < 4.78 is 22.4. The van der Waals surface area contributed by atoms with Gasteiger partial charge >= 0.3 is 60.8 Å². The van der Waals surface area contributed by atoms with Crippen LogP contribution in [0.4, 0.5) is 0 Å². The number of unbranched alkanes of at least 4 members (excludes halogenated alkanes) is 20. The van der Waals surface area contributed by atoms with E-state index in [0.29, 0.717) is 39.3 Å². The molecule has 2 unspecified atom stereocenters. The number of rotatable bonds is 42. The molecule has 0 aromatic heterocycles.